The summed E-state index contributed by atoms with van der Waals surface area (Å²) >= 11 is 5.63. The van der Waals surface area contributed by atoms with Crippen molar-refractivity contribution in [1.29, 1.82) is 5.26 Å². The Morgan fingerprint density at radius 1 is 1.18 bits per heavy atom. The molecule has 0 spiro atoms. The van der Waals surface area contributed by atoms with Crippen molar-refractivity contribution in [3.05, 3.63) is 58.4 Å². The van der Waals surface area contributed by atoms with Gasteiger partial charge >= 0.3 is 0 Å². The van der Waals surface area contributed by atoms with E-state index in [0.29, 0.717) is 11.1 Å². The molecule has 0 N–H and O–H groups in total. The number of nitriles is 1. The molecule has 0 unspecified atom stereocenters. The van der Waals surface area contributed by atoms with E-state index in [1.54, 1.807) is 12.1 Å². The van der Waals surface area contributed by atoms with E-state index in [4.69, 9.17) is 16.9 Å². The highest BCUT2D eigenvalue weighted by Gasteiger charge is 2.07. The molecule has 0 aliphatic rings. The molecule has 1 nitrogen and oxygen atoms in total. The molecule has 0 bridgehead atoms. The molecule has 0 amide bonds. The standard InChI is InChI=1S/C14H9ClFN/c1-9-2-3-11(8-17)12(6-9)10-4-5-13(15)14(16)7-10/h2-7H,1H3. The zero-order valence-electron chi connectivity index (χ0n) is 9.17. The Bertz CT molecular complexity index is 614. The smallest absolute Gasteiger partial charge is 0.142 e. The lowest BCUT2D eigenvalue weighted by Crippen LogP contribution is -1.87. The van der Waals surface area contributed by atoms with Gasteiger partial charge in [-0.25, -0.2) is 4.39 Å². The maximum absolute atomic E-state index is 13.4. The van der Waals surface area contributed by atoms with Gasteiger partial charge in [0.1, 0.15) is 5.82 Å². The predicted octanol–water partition coefficient (Wildman–Crippen LogP) is 4.33. The van der Waals surface area contributed by atoms with Crippen LogP contribution in [-0.4, -0.2) is 0 Å². The van der Waals surface area contributed by atoms with E-state index in [1.807, 2.05) is 19.1 Å². The molecular weight excluding hydrogens is 237 g/mol. The Labute approximate surface area is 104 Å². The third-order valence-corrected chi connectivity index (χ3v) is 2.83. The average Bonchev–Trinajstić information content (AvgIpc) is 2.32. The molecular formula is C14H9ClFN. The Morgan fingerprint density at radius 3 is 2.59 bits per heavy atom. The Kier molecular flexibility index (Phi) is 3.12. The third-order valence-electron chi connectivity index (χ3n) is 2.53. The van der Waals surface area contributed by atoms with Crippen molar-refractivity contribution in [3.63, 3.8) is 0 Å². The van der Waals surface area contributed by atoms with E-state index in [0.717, 1.165) is 11.1 Å². The van der Waals surface area contributed by atoms with Crippen LogP contribution in [0.5, 0.6) is 0 Å². The third kappa shape index (κ3) is 2.30. The summed E-state index contributed by atoms with van der Waals surface area (Å²) in [6, 6.07) is 12.1. The summed E-state index contributed by atoms with van der Waals surface area (Å²) < 4.78 is 13.4. The zero-order valence-corrected chi connectivity index (χ0v) is 9.92. The fourth-order valence-electron chi connectivity index (χ4n) is 1.66. The minimum absolute atomic E-state index is 0.0833. The molecule has 3 heteroatoms. The van der Waals surface area contributed by atoms with Crippen LogP contribution < -0.4 is 0 Å². The van der Waals surface area contributed by atoms with Gasteiger partial charge in [-0.15, -0.1) is 0 Å². The fourth-order valence-corrected chi connectivity index (χ4v) is 1.78. The summed E-state index contributed by atoms with van der Waals surface area (Å²) in [5, 5.41) is 9.11. The van der Waals surface area contributed by atoms with Crippen LogP contribution in [0.15, 0.2) is 36.4 Å². The molecule has 0 atom stereocenters. The number of nitrogens with zero attached hydrogens (tertiary/aromatic N) is 1. The van der Waals surface area contributed by atoms with Crippen LogP contribution in [0.1, 0.15) is 11.1 Å². The summed E-state index contributed by atoms with van der Waals surface area (Å²) in [7, 11) is 0. The first-order valence-electron chi connectivity index (χ1n) is 5.08. The first-order valence-corrected chi connectivity index (χ1v) is 5.46. The number of hydrogen-bond acceptors (Lipinski definition) is 1. The molecule has 2 aromatic rings. The molecule has 2 rings (SSSR count). The van der Waals surface area contributed by atoms with Crippen LogP contribution in [0.2, 0.25) is 5.02 Å². The largest absolute Gasteiger partial charge is 0.205 e. The van der Waals surface area contributed by atoms with Crippen molar-refractivity contribution >= 4 is 11.6 Å². The van der Waals surface area contributed by atoms with Crippen molar-refractivity contribution in [2.45, 2.75) is 6.92 Å². The van der Waals surface area contributed by atoms with E-state index in [-0.39, 0.29) is 5.02 Å². The van der Waals surface area contributed by atoms with E-state index in [2.05, 4.69) is 6.07 Å². The highest BCUT2D eigenvalue weighted by Crippen LogP contribution is 2.27. The molecule has 0 fully saturated rings. The van der Waals surface area contributed by atoms with Gasteiger partial charge < -0.3 is 0 Å². The van der Waals surface area contributed by atoms with Crippen LogP contribution in [0.25, 0.3) is 11.1 Å². The first kappa shape index (κ1) is 11.6. The fraction of sp³-hybridized carbons (Fsp3) is 0.0714. The highest BCUT2D eigenvalue weighted by atomic mass is 35.5. The van der Waals surface area contributed by atoms with Gasteiger partial charge in [0.05, 0.1) is 16.7 Å². The Morgan fingerprint density at radius 2 is 1.94 bits per heavy atom. The van der Waals surface area contributed by atoms with Crippen LogP contribution in [0.4, 0.5) is 4.39 Å². The topological polar surface area (TPSA) is 23.8 Å². The second-order valence-corrected chi connectivity index (χ2v) is 4.20. The lowest BCUT2D eigenvalue weighted by atomic mass is 9.98. The van der Waals surface area contributed by atoms with Crippen molar-refractivity contribution in [2.24, 2.45) is 0 Å². The molecule has 0 heterocycles. The van der Waals surface area contributed by atoms with Gasteiger partial charge in [-0.2, -0.15) is 5.26 Å². The van der Waals surface area contributed by atoms with Gasteiger partial charge in [0, 0.05) is 0 Å². The number of hydrogen-bond donors (Lipinski definition) is 0. The maximum Gasteiger partial charge on any atom is 0.142 e. The Hall–Kier alpha value is -1.85. The van der Waals surface area contributed by atoms with Crippen LogP contribution in [0.3, 0.4) is 0 Å². The minimum atomic E-state index is -0.477. The molecule has 0 radical (unpaired) electrons. The monoisotopic (exact) mass is 245 g/mol. The minimum Gasteiger partial charge on any atom is -0.205 e. The Balaban J connectivity index is 2.63. The van der Waals surface area contributed by atoms with Crippen molar-refractivity contribution in [3.8, 4) is 17.2 Å². The summed E-state index contributed by atoms with van der Waals surface area (Å²) in [5.41, 5.74) is 2.93. The number of halogens is 2. The number of benzene rings is 2. The first-order chi connectivity index (χ1) is 8.11. The molecule has 0 aliphatic heterocycles. The van der Waals surface area contributed by atoms with Crippen LogP contribution >= 0.6 is 11.6 Å². The SMILES string of the molecule is Cc1ccc(C#N)c(-c2ccc(Cl)c(F)c2)c1. The van der Waals surface area contributed by atoms with Crippen LogP contribution in [0, 0.1) is 24.1 Å². The van der Waals surface area contributed by atoms with E-state index >= 15 is 0 Å². The molecule has 84 valence electrons. The van der Waals surface area contributed by atoms with Gasteiger partial charge in [0.15, 0.2) is 0 Å². The molecule has 17 heavy (non-hydrogen) atoms. The summed E-state index contributed by atoms with van der Waals surface area (Å²) in [5.74, 6) is -0.477. The van der Waals surface area contributed by atoms with E-state index in [9.17, 15) is 4.39 Å². The zero-order chi connectivity index (χ0) is 12.4. The molecule has 0 saturated heterocycles. The quantitative estimate of drug-likeness (QED) is 0.734. The maximum atomic E-state index is 13.4. The highest BCUT2D eigenvalue weighted by molar-refractivity contribution is 6.30. The lowest BCUT2D eigenvalue weighted by molar-refractivity contribution is 0.629. The normalized spacial score (nSPS) is 10.0. The second kappa shape index (κ2) is 4.57. The van der Waals surface area contributed by atoms with E-state index in [1.165, 1.54) is 12.1 Å². The van der Waals surface area contributed by atoms with Crippen LogP contribution in [-0.2, 0) is 0 Å². The van der Waals surface area contributed by atoms with E-state index < -0.39 is 5.82 Å². The summed E-state index contributed by atoms with van der Waals surface area (Å²) in [6.07, 6.45) is 0. The van der Waals surface area contributed by atoms with Crippen molar-refractivity contribution < 1.29 is 4.39 Å². The van der Waals surface area contributed by atoms with Gasteiger partial charge in [0.2, 0.25) is 0 Å². The van der Waals surface area contributed by atoms with Gasteiger partial charge in [0.25, 0.3) is 0 Å². The van der Waals surface area contributed by atoms with Gasteiger partial charge in [-0.05, 0) is 36.2 Å². The van der Waals surface area contributed by atoms with Crippen molar-refractivity contribution in [1.82, 2.24) is 0 Å². The second-order valence-electron chi connectivity index (χ2n) is 3.79. The lowest BCUT2D eigenvalue weighted by Gasteiger charge is -2.06. The predicted molar refractivity (Wildman–Crippen MR) is 66.3 cm³/mol. The summed E-state index contributed by atoms with van der Waals surface area (Å²) in [6.45, 7) is 1.93. The average molecular weight is 246 g/mol. The summed E-state index contributed by atoms with van der Waals surface area (Å²) in [4.78, 5) is 0. The number of aryl methyl sites for hydroxylation is 1. The molecule has 0 aromatic heterocycles. The van der Waals surface area contributed by atoms with Gasteiger partial charge in [-0.1, -0.05) is 35.4 Å². The molecule has 0 saturated carbocycles. The molecule has 2 aromatic carbocycles. The molecule has 0 aliphatic carbocycles. The van der Waals surface area contributed by atoms with Gasteiger partial charge in [-0.3, -0.25) is 0 Å². The van der Waals surface area contributed by atoms with Crippen molar-refractivity contribution in [2.75, 3.05) is 0 Å². The number of rotatable bonds is 1.